The second-order valence-corrected chi connectivity index (χ2v) is 7.19. The molecule has 2 aromatic rings. The van der Waals surface area contributed by atoms with Gasteiger partial charge in [-0.15, -0.1) is 0 Å². The fraction of sp³-hybridized carbons (Fsp3) is 0.409. The highest BCUT2D eigenvalue weighted by Crippen LogP contribution is 2.25. The number of pyridine rings is 1. The number of carbonyl (C=O) groups is 2. The second kappa shape index (κ2) is 9.52. The monoisotopic (exact) mass is 396 g/mol. The molecule has 7 heteroatoms. The Labute approximate surface area is 171 Å². The number of nitrogens with zero attached hydrogens (tertiary/aromatic N) is 4. The van der Waals surface area contributed by atoms with Gasteiger partial charge in [-0.1, -0.05) is 30.3 Å². The van der Waals surface area contributed by atoms with Crippen molar-refractivity contribution in [1.82, 2.24) is 14.8 Å². The maximum absolute atomic E-state index is 12.9. The van der Waals surface area contributed by atoms with Crippen LogP contribution in [0.3, 0.4) is 0 Å². The van der Waals surface area contributed by atoms with E-state index in [1.807, 2.05) is 36.4 Å². The van der Waals surface area contributed by atoms with Crippen LogP contribution in [0.2, 0.25) is 0 Å². The third-order valence-electron chi connectivity index (χ3n) is 5.05. The molecule has 0 N–H and O–H groups in total. The molecule has 1 aromatic carbocycles. The van der Waals surface area contributed by atoms with Crippen molar-refractivity contribution in [2.75, 3.05) is 51.8 Å². The van der Waals surface area contributed by atoms with E-state index in [0.717, 1.165) is 37.6 Å². The van der Waals surface area contributed by atoms with Gasteiger partial charge in [-0.3, -0.25) is 9.69 Å². The highest BCUT2D eigenvalue weighted by Gasteiger charge is 2.31. The van der Waals surface area contributed by atoms with Gasteiger partial charge in [0.15, 0.2) is 0 Å². The number of esters is 1. The van der Waals surface area contributed by atoms with Gasteiger partial charge in [-0.2, -0.15) is 0 Å². The van der Waals surface area contributed by atoms with Gasteiger partial charge >= 0.3 is 5.97 Å². The molecule has 1 saturated heterocycles. The van der Waals surface area contributed by atoms with Crippen LogP contribution >= 0.6 is 0 Å². The minimum Gasteiger partial charge on any atom is -0.462 e. The summed E-state index contributed by atoms with van der Waals surface area (Å²) >= 11 is 0. The number of piperazine rings is 1. The molecular formula is C22H28N4O3. The third kappa shape index (κ3) is 4.92. The number of hydrogen-bond donors (Lipinski definition) is 0. The third-order valence-corrected chi connectivity index (χ3v) is 5.05. The van der Waals surface area contributed by atoms with E-state index in [4.69, 9.17) is 4.74 Å². The number of aromatic nitrogens is 1. The van der Waals surface area contributed by atoms with E-state index >= 15 is 0 Å². The molecule has 0 spiro atoms. The average molecular weight is 396 g/mol. The van der Waals surface area contributed by atoms with Crippen molar-refractivity contribution < 1.29 is 14.3 Å². The first-order valence-electron chi connectivity index (χ1n) is 9.89. The standard InChI is InChI=1S/C22H28N4O3/c1-4-29-22(28)18-10-11-19(23-16-18)25-12-14-26(15-13-25)20(21(27)24(2)3)17-8-6-5-7-9-17/h5-11,16,20H,4,12-15H2,1-3H3. The van der Waals surface area contributed by atoms with Crippen LogP contribution in [-0.2, 0) is 9.53 Å². The zero-order chi connectivity index (χ0) is 20.8. The molecule has 154 valence electrons. The summed E-state index contributed by atoms with van der Waals surface area (Å²) in [7, 11) is 3.59. The van der Waals surface area contributed by atoms with E-state index < -0.39 is 0 Å². The van der Waals surface area contributed by atoms with Crippen molar-refractivity contribution in [3.8, 4) is 0 Å². The summed E-state index contributed by atoms with van der Waals surface area (Å²) < 4.78 is 5.00. The largest absolute Gasteiger partial charge is 0.462 e. The number of anilines is 1. The van der Waals surface area contributed by atoms with Gasteiger partial charge < -0.3 is 14.5 Å². The lowest BCUT2D eigenvalue weighted by Gasteiger charge is -2.40. The van der Waals surface area contributed by atoms with E-state index in [1.54, 1.807) is 38.2 Å². The predicted molar refractivity (Wildman–Crippen MR) is 112 cm³/mol. The maximum Gasteiger partial charge on any atom is 0.339 e. The lowest BCUT2D eigenvalue weighted by molar-refractivity contribution is -0.134. The summed E-state index contributed by atoms with van der Waals surface area (Å²) in [6.07, 6.45) is 1.56. The van der Waals surface area contributed by atoms with Crippen molar-refractivity contribution >= 4 is 17.7 Å². The summed E-state index contributed by atoms with van der Waals surface area (Å²) in [6, 6.07) is 13.2. The zero-order valence-corrected chi connectivity index (χ0v) is 17.2. The Morgan fingerprint density at radius 1 is 1.07 bits per heavy atom. The molecule has 1 aliphatic rings. The lowest BCUT2D eigenvalue weighted by atomic mass is 10.0. The summed E-state index contributed by atoms with van der Waals surface area (Å²) in [5.41, 5.74) is 1.46. The molecule has 0 aliphatic carbocycles. The average Bonchev–Trinajstić information content (AvgIpc) is 2.75. The fourth-order valence-corrected chi connectivity index (χ4v) is 3.51. The van der Waals surface area contributed by atoms with Crippen molar-refractivity contribution in [2.45, 2.75) is 13.0 Å². The highest BCUT2D eigenvalue weighted by molar-refractivity contribution is 5.89. The van der Waals surface area contributed by atoms with Crippen molar-refractivity contribution in [3.05, 3.63) is 59.8 Å². The van der Waals surface area contributed by atoms with Crippen LogP contribution in [0.5, 0.6) is 0 Å². The van der Waals surface area contributed by atoms with Gasteiger partial charge in [0.05, 0.1) is 12.2 Å². The molecule has 1 aliphatic heterocycles. The number of benzene rings is 1. The molecule has 2 heterocycles. The summed E-state index contributed by atoms with van der Waals surface area (Å²) in [5, 5.41) is 0. The predicted octanol–water partition coefficient (Wildman–Crippen LogP) is 2.21. The lowest BCUT2D eigenvalue weighted by Crippen LogP contribution is -2.51. The van der Waals surface area contributed by atoms with Gasteiger partial charge in [0.25, 0.3) is 0 Å². The van der Waals surface area contributed by atoms with Crippen LogP contribution in [0.1, 0.15) is 28.9 Å². The minimum absolute atomic E-state index is 0.0848. The molecular weight excluding hydrogens is 368 g/mol. The number of amides is 1. The topological polar surface area (TPSA) is 66.0 Å². The molecule has 1 fully saturated rings. The number of carbonyl (C=O) groups excluding carboxylic acids is 2. The minimum atomic E-state index is -0.357. The Morgan fingerprint density at radius 2 is 1.76 bits per heavy atom. The quantitative estimate of drug-likeness (QED) is 0.698. The summed E-state index contributed by atoms with van der Waals surface area (Å²) in [4.78, 5) is 35.1. The van der Waals surface area contributed by atoms with Gasteiger partial charge in [0.1, 0.15) is 11.9 Å². The molecule has 1 unspecified atom stereocenters. The van der Waals surface area contributed by atoms with E-state index in [1.165, 1.54) is 0 Å². The van der Waals surface area contributed by atoms with Crippen LogP contribution in [0, 0.1) is 0 Å². The second-order valence-electron chi connectivity index (χ2n) is 7.19. The molecule has 7 nitrogen and oxygen atoms in total. The van der Waals surface area contributed by atoms with Crippen LogP contribution in [0.15, 0.2) is 48.7 Å². The first-order valence-corrected chi connectivity index (χ1v) is 9.89. The van der Waals surface area contributed by atoms with E-state index in [-0.39, 0.29) is 17.9 Å². The maximum atomic E-state index is 12.9. The Morgan fingerprint density at radius 3 is 2.31 bits per heavy atom. The Hall–Kier alpha value is -2.93. The van der Waals surface area contributed by atoms with Gasteiger partial charge in [0.2, 0.25) is 5.91 Å². The first kappa shape index (κ1) is 20.8. The Bertz CT molecular complexity index is 816. The fourth-order valence-electron chi connectivity index (χ4n) is 3.51. The number of hydrogen-bond acceptors (Lipinski definition) is 6. The molecule has 29 heavy (non-hydrogen) atoms. The smallest absolute Gasteiger partial charge is 0.339 e. The Kier molecular flexibility index (Phi) is 6.82. The van der Waals surface area contributed by atoms with Crippen molar-refractivity contribution in [3.63, 3.8) is 0 Å². The summed E-state index contributed by atoms with van der Waals surface area (Å²) in [5.74, 6) is 0.554. The first-order chi connectivity index (χ1) is 14.0. The molecule has 1 aromatic heterocycles. The number of likely N-dealkylation sites (N-methyl/N-ethyl adjacent to an activating group) is 1. The molecule has 3 rings (SSSR count). The summed E-state index contributed by atoms with van der Waals surface area (Å²) in [6.45, 7) is 5.15. The van der Waals surface area contributed by atoms with Crippen molar-refractivity contribution in [2.24, 2.45) is 0 Å². The van der Waals surface area contributed by atoms with E-state index in [9.17, 15) is 9.59 Å². The zero-order valence-electron chi connectivity index (χ0n) is 17.2. The normalized spacial score (nSPS) is 15.6. The van der Waals surface area contributed by atoms with Crippen LogP contribution in [-0.4, -0.2) is 73.5 Å². The van der Waals surface area contributed by atoms with Gasteiger partial charge in [-0.05, 0) is 24.6 Å². The van der Waals surface area contributed by atoms with Crippen LogP contribution < -0.4 is 4.90 Å². The highest BCUT2D eigenvalue weighted by atomic mass is 16.5. The van der Waals surface area contributed by atoms with Crippen LogP contribution in [0.25, 0.3) is 0 Å². The number of rotatable bonds is 6. The molecule has 1 atom stereocenters. The van der Waals surface area contributed by atoms with Gasteiger partial charge in [-0.25, -0.2) is 9.78 Å². The molecule has 0 bridgehead atoms. The van der Waals surface area contributed by atoms with Crippen molar-refractivity contribution in [1.29, 1.82) is 0 Å². The van der Waals surface area contributed by atoms with E-state index in [0.29, 0.717) is 12.2 Å². The molecule has 0 saturated carbocycles. The van der Waals surface area contributed by atoms with E-state index in [2.05, 4.69) is 14.8 Å². The molecule has 0 radical (unpaired) electrons. The Balaban J connectivity index is 1.68. The molecule has 1 amide bonds. The van der Waals surface area contributed by atoms with Gasteiger partial charge in [0, 0.05) is 46.5 Å². The SMILES string of the molecule is CCOC(=O)c1ccc(N2CCN(C(C(=O)N(C)C)c3ccccc3)CC2)nc1. The number of ether oxygens (including phenoxy) is 1. The van der Waals surface area contributed by atoms with Crippen LogP contribution in [0.4, 0.5) is 5.82 Å².